The highest BCUT2D eigenvalue weighted by molar-refractivity contribution is 14.1. The second-order valence-corrected chi connectivity index (χ2v) is 6.86. The van der Waals surface area contributed by atoms with Crippen molar-refractivity contribution >= 4 is 40.1 Å². The number of hydrogen-bond acceptors (Lipinski definition) is 3. The Hall–Kier alpha value is -1.21. The number of halogens is 1. The first-order valence-electron chi connectivity index (χ1n) is 6.52. The molecule has 2 saturated heterocycles. The fourth-order valence-corrected chi connectivity index (χ4v) is 3.86. The van der Waals surface area contributed by atoms with E-state index in [2.05, 4.69) is 22.6 Å². The van der Waals surface area contributed by atoms with E-state index in [1.807, 2.05) is 43.3 Å². The van der Waals surface area contributed by atoms with Crippen molar-refractivity contribution in [2.45, 2.75) is 18.6 Å². The Morgan fingerprint density at radius 1 is 1.20 bits per heavy atom. The second-order valence-electron chi connectivity index (χ2n) is 5.62. The number of fused-ring (bicyclic) bond motifs is 5. The summed E-state index contributed by atoms with van der Waals surface area (Å²) in [6.45, 7) is 1.89. The van der Waals surface area contributed by atoms with Crippen LogP contribution in [0.4, 0.5) is 5.69 Å². The highest BCUT2D eigenvalue weighted by atomic mass is 127. The van der Waals surface area contributed by atoms with Gasteiger partial charge in [-0.1, -0.05) is 12.2 Å². The molecule has 1 aromatic rings. The Balaban J connectivity index is 1.77. The fraction of sp³-hybridized carbons (Fsp3) is 0.333. The van der Waals surface area contributed by atoms with E-state index in [-0.39, 0.29) is 29.8 Å². The molecule has 0 aliphatic carbocycles. The van der Waals surface area contributed by atoms with Crippen molar-refractivity contribution < 1.29 is 14.3 Å². The normalized spacial score (nSPS) is 37.9. The molecule has 5 heteroatoms. The van der Waals surface area contributed by atoms with Crippen LogP contribution in [0.25, 0.3) is 0 Å². The fourth-order valence-electron chi connectivity index (χ4n) is 3.50. The highest BCUT2D eigenvalue weighted by Gasteiger charge is 2.65. The first kappa shape index (κ1) is 12.5. The van der Waals surface area contributed by atoms with Crippen LogP contribution >= 0.6 is 22.6 Å². The van der Waals surface area contributed by atoms with Crippen LogP contribution in [0.15, 0.2) is 36.4 Å². The molecule has 0 spiro atoms. The van der Waals surface area contributed by atoms with E-state index in [1.165, 1.54) is 4.90 Å². The van der Waals surface area contributed by atoms with Crippen LogP contribution in [0.5, 0.6) is 0 Å². The van der Waals surface area contributed by atoms with Crippen molar-refractivity contribution in [2.24, 2.45) is 11.8 Å². The molecule has 4 atom stereocenters. The third kappa shape index (κ3) is 1.45. The molecule has 0 aromatic heterocycles. The van der Waals surface area contributed by atoms with Gasteiger partial charge in [0.25, 0.3) is 0 Å². The van der Waals surface area contributed by atoms with Crippen molar-refractivity contribution in [3.05, 3.63) is 40.0 Å². The topological polar surface area (TPSA) is 46.6 Å². The van der Waals surface area contributed by atoms with E-state index < -0.39 is 5.60 Å². The Morgan fingerprint density at radius 3 is 2.55 bits per heavy atom. The molecule has 3 aliphatic rings. The lowest BCUT2D eigenvalue weighted by molar-refractivity contribution is -0.126. The summed E-state index contributed by atoms with van der Waals surface area (Å²) in [7, 11) is 0. The summed E-state index contributed by atoms with van der Waals surface area (Å²) in [4.78, 5) is 26.6. The number of ether oxygens (including phenoxy) is 1. The highest BCUT2D eigenvalue weighted by Crippen LogP contribution is 2.52. The van der Waals surface area contributed by atoms with Gasteiger partial charge in [-0.2, -0.15) is 0 Å². The molecule has 0 unspecified atom stereocenters. The number of anilines is 1. The van der Waals surface area contributed by atoms with Gasteiger partial charge in [-0.05, 0) is 53.8 Å². The molecular weight excluding hydrogens is 369 g/mol. The van der Waals surface area contributed by atoms with Gasteiger partial charge in [0.2, 0.25) is 11.8 Å². The molecule has 3 heterocycles. The van der Waals surface area contributed by atoms with Gasteiger partial charge in [0.1, 0.15) is 0 Å². The third-order valence-electron chi connectivity index (χ3n) is 4.41. The first-order valence-corrected chi connectivity index (χ1v) is 7.60. The van der Waals surface area contributed by atoms with E-state index >= 15 is 0 Å². The molecule has 0 N–H and O–H groups in total. The summed E-state index contributed by atoms with van der Waals surface area (Å²) in [5, 5.41) is 0. The van der Waals surface area contributed by atoms with Gasteiger partial charge in [0, 0.05) is 3.57 Å². The van der Waals surface area contributed by atoms with Crippen molar-refractivity contribution in [3.8, 4) is 0 Å². The van der Waals surface area contributed by atoms with Crippen molar-refractivity contribution in [1.29, 1.82) is 0 Å². The van der Waals surface area contributed by atoms with Gasteiger partial charge in [0.15, 0.2) is 0 Å². The number of carbonyl (C=O) groups is 2. The molecule has 1 aromatic carbocycles. The van der Waals surface area contributed by atoms with Gasteiger partial charge >= 0.3 is 0 Å². The molecule has 102 valence electrons. The molecular formula is C15H12INO3. The number of rotatable bonds is 1. The maximum atomic E-state index is 12.7. The molecule has 20 heavy (non-hydrogen) atoms. The van der Waals surface area contributed by atoms with Crippen LogP contribution in [-0.4, -0.2) is 23.5 Å². The molecule has 0 radical (unpaired) electrons. The van der Waals surface area contributed by atoms with Crippen molar-refractivity contribution in [2.75, 3.05) is 4.90 Å². The SMILES string of the molecule is C[C@@]12C=C[C@@H](O1)[C@@H]1C(=O)N(c3ccc(I)cc3)C(=O)[C@@H]12. The zero-order valence-corrected chi connectivity index (χ0v) is 12.9. The van der Waals surface area contributed by atoms with Gasteiger partial charge < -0.3 is 4.74 Å². The van der Waals surface area contributed by atoms with Gasteiger partial charge in [0.05, 0.1) is 29.2 Å². The minimum absolute atomic E-state index is 0.140. The zero-order valence-electron chi connectivity index (χ0n) is 10.7. The molecule has 4 nitrogen and oxygen atoms in total. The van der Waals surface area contributed by atoms with E-state index in [0.717, 1.165) is 3.57 Å². The minimum atomic E-state index is -0.625. The van der Waals surface area contributed by atoms with Gasteiger partial charge in [-0.3, -0.25) is 9.59 Å². The summed E-state index contributed by atoms with van der Waals surface area (Å²) in [6.07, 6.45) is 3.57. The van der Waals surface area contributed by atoms with Crippen molar-refractivity contribution in [1.82, 2.24) is 0 Å². The smallest absolute Gasteiger partial charge is 0.241 e. The van der Waals surface area contributed by atoms with E-state index in [9.17, 15) is 9.59 Å². The molecule has 0 saturated carbocycles. The molecule has 2 bridgehead atoms. The Labute approximate surface area is 129 Å². The number of carbonyl (C=O) groups excluding carboxylic acids is 2. The number of nitrogens with zero attached hydrogens (tertiary/aromatic N) is 1. The number of imide groups is 1. The summed E-state index contributed by atoms with van der Waals surface area (Å²) in [5.74, 6) is -1.03. The quantitative estimate of drug-likeness (QED) is 0.426. The van der Waals surface area contributed by atoms with E-state index in [4.69, 9.17) is 4.74 Å². The van der Waals surface area contributed by atoms with Gasteiger partial charge in [-0.15, -0.1) is 0 Å². The summed E-state index contributed by atoms with van der Waals surface area (Å²) in [5.41, 5.74) is 0.0258. The van der Waals surface area contributed by atoms with Crippen LogP contribution in [-0.2, 0) is 14.3 Å². The lowest BCUT2D eigenvalue weighted by atomic mass is 9.78. The molecule has 4 rings (SSSR count). The molecule has 2 fully saturated rings. The van der Waals surface area contributed by atoms with Gasteiger partial charge in [-0.25, -0.2) is 4.90 Å². The average molecular weight is 381 g/mol. The third-order valence-corrected chi connectivity index (χ3v) is 5.13. The van der Waals surface area contributed by atoms with E-state index in [1.54, 1.807) is 0 Å². The summed E-state index contributed by atoms with van der Waals surface area (Å²) >= 11 is 2.20. The Bertz CT molecular complexity index is 654. The largest absolute Gasteiger partial charge is 0.362 e. The minimum Gasteiger partial charge on any atom is -0.362 e. The van der Waals surface area contributed by atoms with Crippen LogP contribution < -0.4 is 4.90 Å². The van der Waals surface area contributed by atoms with Crippen LogP contribution in [0.2, 0.25) is 0 Å². The van der Waals surface area contributed by atoms with Crippen LogP contribution in [0.3, 0.4) is 0 Å². The standard InChI is InChI=1S/C15H12INO3/c1-15-7-6-10(20-15)11-12(15)14(19)17(13(11)18)9-4-2-8(16)3-5-9/h2-7,10-12H,1H3/t10-,11+,12-,15+/m1/s1. The number of hydrogen-bond donors (Lipinski definition) is 0. The number of benzene rings is 1. The second kappa shape index (κ2) is 3.92. The predicted molar refractivity (Wildman–Crippen MR) is 81.1 cm³/mol. The summed E-state index contributed by atoms with van der Waals surface area (Å²) < 4.78 is 6.86. The lowest BCUT2D eigenvalue weighted by Gasteiger charge is -2.24. The zero-order chi connectivity index (χ0) is 14.1. The molecule has 3 aliphatic heterocycles. The maximum absolute atomic E-state index is 12.7. The monoisotopic (exact) mass is 381 g/mol. The van der Waals surface area contributed by atoms with Crippen molar-refractivity contribution in [3.63, 3.8) is 0 Å². The lowest BCUT2D eigenvalue weighted by Crippen LogP contribution is -2.38. The number of amides is 2. The Morgan fingerprint density at radius 2 is 1.90 bits per heavy atom. The summed E-state index contributed by atoms with van der Waals surface area (Å²) in [6, 6.07) is 7.43. The molecule has 2 amide bonds. The Kier molecular flexibility index (Phi) is 2.45. The first-order chi connectivity index (χ1) is 9.51. The predicted octanol–water partition coefficient (Wildman–Crippen LogP) is 2.12. The van der Waals surface area contributed by atoms with E-state index in [0.29, 0.717) is 5.69 Å². The maximum Gasteiger partial charge on any atom is 0.241 e. The van der Waals surface area contributed by atoms with Crippen LogP contribution in [0.1, 0.15) is 6.92 Å². The van der Waals surface area contributed by atoms with Crippen LogP contribution in [0, 0.1) is 15.4 Å². The average Bonchev–Trinajstić information content (AvgIpc) is 3.01.